The van der Waals surface area contributed by atoms with Crippen LogP contribution in [0.3, 0.4) is 0 Å². The fourth-order valence-electron chi connectivity index (χ4n) is 3.03. The number of anilines is 2. The van der Waals surface area contributed by atoms with Crippen molar-refractivity contribution in [3.05, 3.63) is 59.7 Å². The first-order valence-electron chi connectivity index (χ1n) is 8.77. The molecule has 3 N–H and O–H groups in total. The number of nitrogens with two attached hydrogens (primary N) is 1. The van der Waals surface area contributed by atoms with E-state index in [0.29, 0.717) is 16.8 Å². The molecular weight excluding hydrogens is 312 g/mol. The summed E-state index contributed by atoms with van der Waals surface area (Å²) in [5.74, 6) is 0.0164. The second-order valence-electron chi connectivity index (χ2n) is 6.57. The number of likely N-dealkylation sites (N-methyl/N-ethyl adjacent to an activating group) is 1. The van der Waals surface area contributed by atoms with Gasteiger partial charge in [-0.2, -0.15) is 0 Å². The van der Waals surface area contributed by atoms with Gasteiger partial charge in [-0.25, -0.2) is 0 Å². The summed E-state index contributed by atoms with van der Waals surface area (Å²) in [4.78, 5) is 17.4. The highest BCUT2D eigenvalue weighted by molar-refractivity contribution is 6.09. The van der Waals surface area contributed by atoms with Gasteiger partial charge >= 0.3 is 0 Å². The first kappa shape index (κ1) is 17.5. The molecule has 0 radical (unpaired) electrons. The molecule has 0 aliphatic carbocycles. The van der Waals surface area contributed by atoms with Crippen LogP contribution in [0.15, 0.2) is 48.5 Å². The van der Waals surface area contributed by atoms with Gasteiger partial charge < -0.3 is 16.0 Å². The van der Waals surface area contributed by atoms with Gasteiger partial charge in [-0.05, 0) is 25.2 Å². The minimum atomic E-state index is 0.0164. The predicted octanol–water partition coefficient (Wildman–Crippen LogP) is 2.16. The molecule has 3 rings (SSSR count). The molecule has 2 aromatic carbocycles. The fourth-order valence-corrected chi connectivity index (χ4v) is 3.03. The van der Waals surface area contributed by atoms with Crippen LogP contribution in [-0.2, 0) is 0 Å². The van der Waals surface area contributed by atoms with Gasteiger partial charge in [0.2, 0.25) is 0 Å². The van der Waals surface area contributed by atoms with Gasteiger partial charge in [-0.1, -0.05) is 30.3 Å². The number of carbonyl (C=O) groups excluding carboxylic acids is 1. The maximum Gasteiger partial charge on any atom is 0.193 e. The van der Waals surface area contributed by atoms with E-state index >= 15 is 0 Å². The maximum absolute atomic E-state index is 12.6. The molecule has 0 bridgehead atoms. The van der Waals surface area contributed by atoms with Gasteiger partial charge in [0.25, 0.3) is 0 Å². The van der Waals surface area contributed by atoms with Crippen LogP contribution in [0.5, 0.6) is 0 Å². The zero-order valence-corrected chi connectivity index (χ0v) is 14.7. The monoisotopic (exact) mass is 338 g/mol. The fraction of sp³-hybridized carbons (Fsp3) is 0.350. The van der Waals surface area contributed by atoms with Crippen LogP contribution >= 0.6 is 0 Å². The third-order valence-electron chi connectivity index (χ3n) is 4.69. The molecule has 5 heteroatoms. The Morgan fingerprint density at radius 3 is 2.48 bits per heavy atom. The minimum absolute atomic E-state index is 0.0164. The molecule has 0 atom stereocenters. The van der Waals surface area contributed by atoms with E-state index in [9.17, 15) is 4.79 Å². The van der Waals surface area contributed by atoms with Crippen LogP contribution in [0.25, 0.3) is 0 Å². The molecule has 25 heavy (non-hydrogen) atoms. The number of ketones is 1. The average Bonchev–Trinajstić information content (AvgIpc) is 2.65. The normalized spacial score (nSPS) is 15.9. The van der Waals surface area contributed by atoms with E-state index in [0.717, 1.165) is 45.0 Å². The number of benzene rings is 2. The summed E-state index contributed by atoms with van der Waals surface area (Å²) in [6.07, 6.45) is 0. The molecule has 1 saturated heterocycles. The molecular formula is C20H26N4O. The molecule has 0 unspecified atom stereocenters. The Labute approximate surface area is 149 Å². The smallest absolute Gasteiger partial charge is 0.193 e. The highest BCUT2D eigenvalue weighted by Gasteiger charge is 2.14. The largest absolute Gasteiger partial charge is 0.397 e. The highest BCUT2D eigenvalue weighted by Crippen LogP contribution is 2.22. The van der Waals surface area contributed by atoms with Gasteiger partial charge in [-0.3, -0.25) is 9.69 Å². The lowest BCUT2D eigenvalue weighted by Crippen LogP contribution is -2.45. The van der Waals surface area contributed by atoms with Crippen LogP contribution in [0, 0.1) is 0 Å². The van der Waals surface area contributed by atoms with Crippen molar-refractivity contribution in [2.75, 3.05) is 57.4 Å². The van der Waals surface area contributed by atoms with Crippen molar-refractivity contribution in [3.8, 4) is 0 Å². The van der Waals surface area contributed by atoms with E-state index in [-0.39, 0.29) is 5.78 Å². The summed E-state index contributed by atoms with van der Waals surface area (Å²) < 4.78 is 0. The number of rotatable bonds is 6. The number of piperazine rings is 1. The summed E-state index contributed by atoms with van der Waals surface area (Å²) >= 11 is 0. The van der Waals surface area contributed by atoms with Crippen molar-refractivity contribution in [2.45, 2.75) is 0 Å². The first-order chi connectivity index (χ1) is 12.1. The standard InChI is InChI=1S/C20H26N4O/c1-23-11-13-24(14-12-23)10-9-22-19-15-17(7-8-18(19)21)20(25)16-5-3-2-4-6-16/h2-8,15,22H,9-14,21H2,1H3. The third-order valence-corrected chi connectivity index (χ3v) is 4.69. The Morgan fingerprint density at radius 1 is 1.04 bits per heavy atom. The van der Waals surface area contributed by atoms with E-state index in [2.05, 4.69) is 22.2 Å². The van der Waals surface area contributed by atoms with Crippen LogP contribution in [0.2, 0.25) is 0 Å². The number of nitrogens with one attached hydrogen (secondary N) is 1. The summed E-state index contributed by atoms with van der Waals surface area (Å²) in [6, 6.07) is 14.8. The molecule has 132 valence electrons. The number of hydrogen-bond acceptors (Lipinski definition) is 5. The van der Waals surface area contributed by atoms with Crippen molar-refractivity contribution < 1.29 is 4.79 Å². The zero-order chi connectivity index (χ0) is 17.6. The number of hydrogen-bond donors (Lipinski definition) is 2. The summed E-state index contributed by atoms with van der Waals surface area (Å²) in [5, 5.41) is 3.39. The minimum Gasteiger partial charge on any atom is -0.397 e. The number of nitrogen functional groups attached to an aromatic ring is 1. The molecule has 5 nitrogen and oxygen atoms in total. The Hall–Kier alpha value is -2.37. The summed E-state index contributed by atoms with van der Waals surface area (Å²) in [6.45, 7) is 6.22. The molecule has 1 heterocycles. The van der Waals surface area contributed by atoms with Crippen molar-refractivity contribution in [2.24, 2.45) is 0 Å². The van der Waals surface area contributed by atoms with E-state index in [1.807, 2.05) is 36.4 Å². The van der Waals surface area contributed by atoms with Crippen LogP contribution in [0.4, 0.5) is 11.4 Å². The number of carbonyl (C=O) groups is 1. The predicted molar refractivity (Wildman–Crippen MR) is 103 cm³/mol. The van der Waals surface area contributed by atoms with Gasteiger partial charge in [0.15, 0.2) is 5.78 Å². The molecule has 1 aliphatic heterocycles. The van der Waals surface area contributed by atoms with E-state index in [1.54, 1.807) is 12.1 Å². The first-order valence-corrected chi connectivity index (χ1v) is 8.77. The van der Waals surface area contributed by atoms with E-state index in [1.165, 1.54) is 0 Å². The quantitative estimate of drug-likeness (QED) is 0.624. The third kappa shape index (κ3) is 4.59. The Kier molecular flexibility index (Phi) is 5.68. The van der Waals surface area contributed by atoms with Crippen LogP contribution < -0.4 is 11.1 Å². The van der Waals surface area contributed by atoms with Crippen molar-refractivity contribution in [3.63, 3.8) is 0 Å². The van der Waals surface area contributed by atoms with Crippen LogP contribution in [-0.4, -0.2) is 61.9 Å². The van der Waals surface area contributed by atoms with Crippen molar-refractivity contribution in [1.29, 1.82) is 0 Å². The SMILES string of the molecule is CN1CCN(CCNc2cc(C(=O)c3ccccc3)ccc2N)CC1. The molecule has 2 aromatic rings. The molecule has 1 aliphatic rings. The van der Waals surface area contributed by atoms with Crippen molar-refractivity contribution >= 4 is 17.2 Å². The summed E-state index contributed by atoms with van der Waals surface area (Å²) in [7, 11) is 2.16. The Balaban J connectivity index is 1.61. The van der Waals surface area contributed by atoms with E-state index < -0.39 is 0 Å². The Bertz CT molecular complexity index is 709. The second kappa shape index (κ2) is 8.14. The molecule has 0 amide bonds. The summed E-state index contributed by atoms with van der Waals surface area (Å²) in [5.41, 5.74) is 8.92. The molecule has 0 aromatic heterocycles. The molecule has 0 spiro atoms. The molecule has 0 saturated carbocycles. The second-order valence-corrected chi connectivity index (χ2v) is 6.57. The van der Waals surface area contributed by atoms with E-state index in [4.69, 9.17) is 5.73 Å². The Morgan fingerprint density at radius 2 is 1.76 bits per heavy atom. The topological polar surface area (TPSA) is 61.6 Å². The van der Waals surface area contributed by atoms with Crippen LogP contribution in [0.1, 0.15) is 15.9 Å². The zero-order valence-electron chi connectivity index (χ0n) is 14.7. The van der Waals surface area contributed by atoms with Gasteiger partial charge in [0.1, 0.15) is 0 Å². The molecule has 1 fully saturated rings. The van der Waals surface area contributed by atoms with Gasteiger partial charge in [-0.15, -0.1) is 0 Å². The maximum atomic E-state index is 12.6. The lowest BCUT2D eigenvalue weighted by Gasteiger charge is -2.32. The van der Waals surface area contributed by atoms with Gasteiger partial charge in [0.05, 0.1) is 11.4 Å². The number of nitrogens with zero attached hydrogens (tertiary/aromatic N) is 2. The average molecular weight is 338 g/mol. The lowest BCUT2D eigenvalue weighted by molar-refractivity contribution is 0.103. The lowest BCUT2D eigenvalue weighted by atomic mass is 10.0. The van der Waals surface area contributed by atoms with Crippen molar-refractivity contribution in [1.82, 2.24) is 9.80 Å². The highest BCUT2D eigenvalue weighted by atomic mass is 16.1. The van der Waals surface area contributed by atoms with Gasteiger partial charge in [0, 0.05) is 50.4 Å².